The Bertz CT molecular complexity index is 569. The molecule has 1 amide bonds. The summed E-state index contributed by atoms with van der Waals surface area (Å²) < 4.78 is 0.383. The van der Waals surface area contributed by atoms with Crippen LogP contribution in [0, 0.1) is 0 Å². The van der Waals surface area contributed by atoms with E-state index in [1.54, 1.807) is 0 Å². The van der Waals surface area contributed by atoms with Crippen LogP contribution in [-0.2, 0) is 9.59 Å². The molecule has 0 aromatic rings. The quantitative estimate of drug-likeness (QED) is 0.766. The van der Waals surface area contributed by atoms with Crippen LogP contribution in [0.25, 0.3) is 0 Å². The predicted molar refractivity (Wildman–Crippen MR) is 86.1 cm³/mol. The van der Waals surface area contributed by atoms with E-state index in [0.717, 1.165) is 0 Å². The highest BCUT2D eigenvalue weighted by atomic mass is 35.5. The number of halogens is 2. The number of rotatable bonds is 4. The Hall–Kier alpha value is -0.600. The second-order valence-corrected chi connectivity index (χ2v) is 7.66. The number of ketones is 1. The first-order valence-electron chi connectivity index (χ1n) is 6.96. The maximum atomic E-state index is 12.4. The molecular weight excluding hydrogens is 349 g/mol. The van der Waals surface area contributed by atoms with Crippen molar-refractivity contribution in [1.29, 1.82) is 0 Å². The molecule has 0 aromatic heterocycles. The lowest BCUT2D eigenvalue weighted by atomic mass is 10.1. The summed E-state index contributed by atoms with van der Waals surface area (Å²) in [6.07, 6.45) is 1.69. The van der Waals surface area contributed by atoms with Gasteiger partial charge in [-0.15, -0.1) is 0 Å². The Morgan fingerprint density at radius 3 is 3.00 bits per heavy atom. The molecule has 22 heavy (non-hydrogen) atoms. The molecule has 0 aliphatic carbocycles. The van der Waals surface area contributed by atoms with E-state index < -0.39 is 17.4 Å². The van der Waals surface area contributed by atoms with E-state index in [2.05, 4.69) is 10.3 Å². The minimum atomic E-state index is -0.508. The third-order valence-corrected chi connectivity index (χ3v) is 6.20. The van der Waals surface area contributed by atoms with Crippen LogP contribution in [0.15, 0.2) is 14.4 Å². The lowest BCUT2D eigenvalue weighted by Gasteiger charge is -2.28. The van der Waals surface area contributed by atoms with Gasteiger partial charge < -0.3 is 10.4 Å². The maximum Gasteiger partial charge on any atom is 0.244 e. The van der Waals surface area contributed by atoms with Gasteiger partial charge in [0.25, 0.3) is 0 Å². The lowest BCUT2D eigenvalue weighted by Crippen LogP contribution is -2.47. The zero-order valence-electron chi connectivity index (χ0n) is 11.5. The van der Waals surface area contributed by atoms with Gasteiger partial charge in [0, 0.05) is 12.5 Å². The number of aliphatic hydroxyl groups is 1. The van der Waals surface area contributed by atoms with E-state index in [4.69, 9.17) is 23.2 Å². The first-order valence-corrected chi connectivity index (χ1v) is 8.59. The zero-order valence-corrected chi connectivity index (χ0v) is 13.9. The third kappa shape index (κ3) is 3.05. The van der Waals surface area contributed by atoms with Gasteiger partial charge in [-0.2, -0.15) is 0 Å². The van der Waals surface area contributed by atoms with Crippen LogP contribution in [-0.4, -0.2) is 64.6 Å². The Morgan fingerprint density at radius 2 is 2.32 bits per heavy atom. The van der Waals surface area contributed by atoms with Crippen molar-refractivity contribution in [1.82, 2.24) is 10.2 Å². The highest BCUT2D eigenvalue weighted by Crippen LogP contribution is 2.45. The average Bonchev–Trinajstić information content (AvgIpc) is 2.99. The molecular formula is C13H15Cl2N3O3S. The van der Waals surface area contributed by atoms with Gasteiger partial charge >= 0.3 is 0 Å². The fourth-order valence-corrected chi connectivity index (χ4v) is 4.58. The molecule has 1 fully saturated rings. The number of thioether (sulfide) groups is 1. The van der Waals surface area contributed by atoms with Crippen LogP contribution in [0.2, 0.25) is 0 Å². The molecule has 120 valence electrons. The molecule has 0 bridgehead atoms. The minimum absolute atomic E-state index is 0.0494. The van der Waals surface area contributed by atoms with Gasteiger partial charge in [-0.25, -0.2) is 0 Å². The van der Waals surface area contributed by atoms with E-state index in [0.29, 0.717) is 22.4 Å². The smallest absolute Gasteiger partial charge is 0.244 e. The van der Waals surface area contributed by atoms with Crippen molar-refractivity contribution in [2.45, 2.75) is 36.3 Å². The van der Waals surface area contributed by atoms with Gasteiger partial charge in [0.2, 0.25) is 5.91 Å². The summed E-state index contributed by atoms with van der Waals surface area (Å²) in [7, 11) is 0. The van der Waals surface area contributed by atoms with Gasteiger partial charge in [0.15, 0.2) is 5.78 Å². The highest BCUT2D eigenvalue weighted by molar-refractivity contribution is 8.06. The van der Waals surface area contributed by atoms with Crippen molar-refractivity contribution >= 4 is 53.0 Å². The van der Waals surface area contributed by atoms with Crippen molar-refractivity contribution in [2.24, 2.45) is 4.99 Å². The number of nitrogens with one attached hydrogen (secondary N) is 1. The predicted octanol–water partition coefficient (Wildman–Crippen LogP) is 0.670. The summed E-state index contributed by atoms with van der Waals surface area (Å²) >= 11 is 13.1. The fraction of sp³-hybridized carbons (Fsp3) is 0.615. The summed E-state index contributed by atoms with van der Waals surface area (Å²) in [5, 5.41) is 12.7. The third-order valence-electron chi connectivity index (χ3n) is 3.96. The van der Waals surface area contributed by atoms with Gasteiger partial charge in [-0.05, 0) is 13.0 Å². The largest absolute Gasteiger partial charge is 0.391 e. The standard InChI is InChI=1S/C13H15Cl2N3O3S/c14-9-10-11(22-12(9)15)13(21)18(5-17-10)4-6(19)3-7-8(20)1-2-16-7/h5,7-8,10-11,16,20H,1-4H2/t7-,8+,10?,11?/m0/s1. The molecule has 9 heteroatoms. The molecule has 3 rings (SSSR count). The molecule has 1 saturated heterocycles. The molecule has 2 N–H and O–H groups in total. The van der Waals surface area contributed by atoms with Crippen LogP contribution >= 0.6 is 35.0 Å². The molecule has 6 nitrogen and oxygen atoms in total. The number of aliphatic hydroxyl groups excluding tert-OH is 1. The monoisotopic (exact) mass is 363 g/mol. The number of fused-ring (bicyclic) bond motifs is 1. The molecule has 0 saturated carbocycles. The lowest BCUT2D eigenvalue weighted by molar-refractivity contribution is -0.131. The van der Waals surface area contributed by atoms with Gasteiger partial charge in [0.05, 0.1) is 28.4 Å². The van der Waals surface area contributed by atoms with E-state index in [9.17, 15) is 14.7 Å². The van der Waals surface area contributed by atoms with Crippen molar-refractivity contribution in [3.63, 3.8) is 0 Å². The van der Waals surface area contributed by atoms with Gasteiger partial charge in [0.1, 0.15) is 11.3 Å². The van der Waals surface area contributed by atoms with Crippen molar-refractivity contribution in [2.75, 3.05) is 13.1 Å². The number of carbonyl (C=O) groups is 2. The van der Waals surface area contributed by atoms with Gasteiger partial charge in [-0.1, -0.05) is 35.0 Å². The molecule has 3 aliphatic rings. The van der Waals surface area contributed by atoms with E-state index in [1.807, 2.05) is 0 Å². The first-order chi connectivity index (χ1) is 10.5. The van der Waals surface area contributed by atoms with Crippen LogP contribution in [0.1, 0.15) is 12.8 Å². The average molecular weight is 364 g/mol. The van der Waals surface area contributed by atoms with Crippen LogP contribution in [0.3, 0.4) is 0 Å². The number of Topliss-reactive ketones (excluding diaryl/α,β-unsaturated/α-hetero) is 1. The van der Waals surface area contributed by atoms with E-state index >= 15 is 0 Å². The zero-order chi connectivity index (χ0) is 15.9. The second-order valence-electron chi connectivity index (χ2n) is 5.50. The fourth-order valence-electron chi connectivity index (χ4n) is 2.76. The Labute approximate surface area is 141 Å². The molecule has 0 spiro atoms. The summed E-state index contributed by atoms with van der Waals surface area (Å²) in [4.78, 5) is 30.0. The van der Waals surface area contributed by atoms with Crippen molar-refractivity contribution < 1.29 is 14.7 Å². The molecule has 4 atom stereocenters. The number of amides is 1. The van der Waals surface area contributed by atoms with Crippen LogP contribution < -0.4 is 5.32 Å². The summed E-state index contributed by atoms with van der Waals surface area (Å²) in [5.74, 6) is -0.336. The molecule has 0 aromatic carbocycles. The topological polar surface area (TPSA) is 82.0 Å². The Kier molecular flexibility index (Phi) is 4.80. The molecule has 2 unspecified atom stereocenters. The number of aliphatic imine (C=N–C) groups is 1. The molecule has 3 heterocycles. The van der Waals surface area contributed by atoms with E-state index in [-0.39, 0.29) is 30.7 Å². The van der Waals surface area contributed by atoms with Crippen LogP contribution in [0.4, 0.5) is 0 Å². The highest BCUT2D eigenvalue weighted by Gasteiger charge is 2.43. The number of carbonyl (C=O) groups excluding carboxylic acids is 2. The summed E-state index contributed by atoms with van der Waals surface area (Å²) in [6.45, 7) is 0.651. The molecule has 3 aliphatic heterocycles. The Balaban J connectivity index is 1.60. The number of hydrogen-bond donors (Lipinski definition) is 2. The summed E-state index contributed by atoms with van der Waals surface area (Å²) in [5.41, 5.74) is 0. The van der Waals surface area contributed by atoms with Crippen molar-refractivity contribution in [3.05, 3.63) is 9.40 Å². The minimum Gasteiger partial charge on any atom is -0.391 e. The SMILES string of the molecule is O=C(C[C@@H]1NCC[C@H]1O)CN1C=NC2C(Cl)=C(Cl)SC2C1=O. The Morgan fingerprint density at radius 1 is 1.55 bits per heavy atom. The van der Waals surface area contributed by atoms with E-state index in [1.165, 1.54) is 23.0 Å². The normalized spacial score (nSPS) is 34.5. The van der Waals surface area contributed by atoms with Gasteiger partial charge in [-0.3, -0.25) is 19.5 Å². The number of nitrogens with zero attached hydrogens (tertiary/aromatic N) is 2. The number of hydrogen-bond acceptors (Lipinski definition) is 6. The molecule has 0 radical (unpaired) electrons. The second kappa shape index (κ2) is 6.49. The van der Waals surface area contributed by atoms with Crippen LogP contribution in [0.5, 0.6) is 0 Å². The van der Waals surface area contributed by atoms with Crippen molar-refractivity contribution in [3.8, 4) is 0 Å². The maximum absolute atomic E-state index is 12.4. The summed E-state index contributed by atoms with van der Waals surface area (Å²) in [6, 6.07) is -0.681. The first kappa shape index (κ1) is 16.3.